The first kappa shape index (κ1) is 16.5. The van der Waals surface area contributed by atoms with E-state index in [1.54, 1.807) is 0 Å². The normalized spacial score (nSPS) is 24.0. The van der Waals surface area contributed by atoms with Crippen molar-refractivity contribution in [1.82, 2.24) is 10.2 Å². The van der Waals surface area contributed by atoms with E-state index in [9.17, 15) is 4.79 Å². The van der Waals surface area contributed by atoms with E-state index in [0.717, 1.165) is 57.5 Å². The van der Waals surface area contributed by atoms with Gasteiger partial charge in [0.25, 0.3) is 0 Å². The van der Waals surface area contributed by atoms with Crippen LogP contribution in [0.5, 0.6) is 0 Å². The third-order valence-corrected chi connectivity index (χ3v) is 5.49. The number of nitrogens with one attached hydrogen (secondary N) is 1. The van der Waals surface area contributed by atoms with Gasteiger partial charge in [-0.15, -0.1) is 0 Å². The lowest BCUT2D eigenvalue weighted by molar-refractivity contribution is 0.164. The molecule has 1 saturated carbocycles. The molecule has 2 amide bonds. The van der Waals surface area contributed by atoms with E-state index >= 15 is 0 Å². The molecule has 0 atom stereocenters. The van der Waals surface area contributed by atoms with Gasteiger partial charge in [-0.1, -0.05) is 51.2 Å². The minimum atomic E-state index is -0.462. The summed E-state index contributed by atoms with van der Waals surface area (Å²) < 4.78 is 0. The minimum Gasteiger partial charge on any atom is -0.391 e. The van der Waals surface area contributed by atoms with E-state index in [-0.39, 0.29) is 6.03 Å². The Hall–Kier alpha value is -0.840. The van der Waals surface area contributed by atoms with Gasteiger partial charge in [0.15, 0.2) is 0 Å². The molecule has 1 heterocycles. The van der Waals surface area contributed by atoms with Crippen LogP contribution in [0.1, 0.15) is 64.7 Å². The Bertz CT molecular complexity index is 370. The third-order valence-electron chi connectivity index (χ3n) is 5.10. The Labute approximate surface area is 133 Å². The van der Waals surface area contributed by atoms with Crippen LogP contribution in [0.3, 0.4) is 0 Å². The molecular formula is C16H29N3OS. The second-order valence-electron chi connectivity index (χ2n) is 6.81. The lowest BCUT2D eigenvalue weighted by atomic mass is 9.84. The summed E-state index contributed by atoms with van der Waals surface area (Å²) in [6.45, 7) is 3.95. The molecule has 120 valence electrons. The summed E-state index contributed by atoms with van der Waals surface area (Å²) in [5.41, 5.74) is 5.56. The Morgan fingerprint density at radius 2 is 1.67 bits per heavy atom. The molecule has 21 heavy (non-hydrogen) atoms. The number of carbonyl (C=O) groups is 1. The van der Waals surface area contributed by atoms with Crippen LogP contribution in [0.4, 0.5) is 4.79 Å². The van der Waals surface area contributed by atoms with Crippen molar-refractivity contribution in [3.8, 4) is 0 Å². The van der Waals surface area contributed by atoms with E-state index in [2.05, 4.69) is 12.2 Å². The molecule has 4 nitrogen and oxygen atoms in total. The molecule has 2 fully saturated rings. The smallest absolute Gasteiger partial charge is 0.318 e. The van der Waals surface area contributed by atoms with Crippen molar-refractivity contribution >= 4 is 23.2 Å². The van der Waals surface area contributed by atoms with Gasteiger partial charge in [-0.05, 0) is 31.6 Å². The van der Waals surface area contributed by atoms with E-state index < -0.39 is 5.54 Å². The summed E-state index contributed by atoms with van der Waals surface area (Å²) in [7, 11) is 0. The molecule has 0 unspecified atom stereocenters. The van der Waals surface area contributed by atoms with Crippen LogP contribution >= 0.6 is 12.2 Å². The van der Waals surface area contributed by atoms with Crippen LogP contribution < -0.4 is 11.1 Å². The second kappa shape index (κ2) is 7.43. The molecule has 2 rings (SSSR count). The topological polar surface area (TPSA) is 58.4 Å². The first-order valence-corrected chi connectivity index (χ1v) is 8.81. The molecule has 1 aliphatic carbocycles. The highest BCUT2D eigenvalue weighted by molar-refractivity contribution is 7.80. The number of hydrogen-bond acceptors (Lipinski definition) is 2. The molecule has 0 radical (unpaired) electrons. The molecular weight excluding hydrogens is 282 g/mol. The Morgan fingerprint density at radius 3 is 2.19 bits per heavy atom. The van der Waals surface area contributed by atoms with Gasteiger partial charge < -0.3 is 16.0 Å². The molecule has 0 aromatic heterocycles. The van der Waals surface area contributed by atoms with Crippen molar-refractivity contribution in [3.63, 3.8) is 0 Å². The van der Waals surface area contributed by atoms with Gasteiger partial charge in [0.05, 0.1) is 10.5 Å². The number of hydrogen-bond donors (Lipinski definition) is 2. The molecule has 0 aromatic carbocycles. The van der Waals surface area contributed by atoms with Gasteiger partial charge in [-0.25, -0.2) is 4.79 Å². The fourth-order valence-corrected chi connectivity index (χ4v) is 3.69. The highest BCUT2D eigenvalue weighted by atomic mass is 32.1. The maximum Gasteiger partial charge on any atom is 0.318 e. The summed E-state index contributed by atoms with van der Waals surface area (Å²) >= 11 is 5.32. The average Bonchev–Trinajstić information content (AvgIpc) is 2.42. The zero-order valence-electron chi connectivity index (χ0n) is 13.2. The summed E-state index contributed by atoms with van der Waals surface area (Å²) in [4.78, 5) is 15.0. The predicted molar refractivity (Wildman–Crippen MR) is 90.3 cm³/mol. The largest absolute Gasteiger partial charge is 0.391 e. The standard InChI is InChI=1S/C16H29N3OS/c1-13-7-11-19(12-8-13)15(20)18-16(14(17)21)9-5-3-2-4-6-10-16/h13H,2-12H2,1H3,(H2,17,21)(H,18,20). The second-order valence-corrected chi connectivity index (χ2v) is 7.25. The van der Waals surface area contributed by atoms with Crippen molar-refractivity contribution in [2.75, 3.05) is 13.1 Å². The first-order chi connectivity index (χ1) is 10.0. The Kier molecular flexibility index (Phi) is 5.85. The lowest BCUT2D eigenvalue weighted by Crippen LogP contribution is -2.60. The summed E-state index contributed by atoms with van der Waals surface area (Å²) in [6, 6.07) is 0.0234. The van der Waals surface area contributed by atoms with E-state index in [0.29, 0.717) is 4.99 Å². The quantitative estimate of drug-likeness (QED) is 0.770. The first-order valence-electron chi connectivity index (χ1n) is 8.40. The summed E-state index contributed by atoms with van der Waals surface area (Å²) in [5, 5.41) is 3.20. The van der Waals surface area contributed by atoms with Gasteiger partial charge in [0.1, 0.15) is 0 Å². The van der Waals surface area contributed by atoms with Crippen LogP contribution in [-0.2, 0) is 0 Å². The number of nitrogens with two attached hydrogens (primary N) is 1. The van der Waals surface area contributed by atoms with Crippen molar-refractivity contribution < 1.29 is 4.79 Å². The van der Waals surface area contributed by atoms with Crippen molar-refractivity contribution in [3.05, 3.63) is 0 Å². The third kappa shape index (κ3) is 4.31. The number of amides is 2. The number of piperidine rings is 1. The highest BCUT2D eigenvalue weighted by Gasteiger charge is 2.36. The van der Waals surface area contributed by atoms with Gasteiger partial charge in [0.2, 0.25) is 0 Å². The van der Waals surface area contributed by atoms with Gasteiger partial charge in [-0.3, -0.25) is 0 Å². The molecule has 0 spiro atoms. The maximum atomic E-state index is 12.6. The van der Waals surface area contributed by atoms with Gasteiger partial charge >= 0.3 is 6.03 Å². The molecule has 0 bridgehead atoms. The molecule has 0 aromatic rings. The highest BCUT2D eigenvalue weighted by Crippen LogP contribution is 2.27. The number of urea groups is 1. The van der Waals surface area contributed by atoms with E-state index in [1.807, 2.05) is 4.90 Å². The zero-order chi connectivity index (χ0) is 15.3. The molecule has 3 N–H and O–H groups in total. The molecule has 1 saturated heterocycles. The summed E-state index contributed by atoms with van der Waals surface area (Å²) in [5.74, 6) is 0.722. The lowest BCUT2D eigenvalue weighted by Gasteiger charge is -2.39. The number of thiocarbonyl (C=S) groups is 1. The average molecular weight is 311 g/mol. The fraction of sp³-hybridized carbons (Fsp3) is 0.875. The SMILES string of the molecule is CC1CCN(C(=O)NC2(C(N)=S)CCCCCCC2)CC1. The van der Waals surface area contributed by atoms with E-state index in [4.69, 9.17) is 18.0 Å². The predicted octanol–water partition coefficient (Wildman–Crippen LogP) is 3.20. The van der Waals surface area contributed by atoms with Crippen LogP contribution in [0.2, 0.25) is 0 Å². The monoisotopic (exact) mass is 311 g/mol. The zero-order valence-corrected chi connectivity index (χ0v) is 14.0. The number of nitrogens with zero attached hydrogens (tertiary/aromatic N) is 1. The van der Waals surface area contributed by atoms with Crippen molar-refractivity contribution in [2.45, 2.75) is 70.3 Å². The van der Waals surface area contributed by atoms with Crippen molar-refractivity contribution in [1.29, 1.82) is 0 Å². The van der Waals surface area contributed by atoms with Gasteiger partial charge in [-0.2, -0.15) is 0 Å². The van der Waals surface area contributed by atoms with E-state index in [1.165, 1.54) is 19.3 Å². The number of likely N-dealkylation sites (tertiary alicyclic amines) is 1. The maximum absolute atomic E-state index is 12.6. The number of carbonyl (C=O) groups excluding carboxylic acids is 1. The van der Waals surface area contributed by atoms with Crippen LogP contribution in [0.25, 0.3) is 0 Å². The van der Waals surface area contributed by atoms with Gasteiger partial charge in [0, 0.05) is 13.1 Å². The van der Waals surface area contributed by atoms with Crippen LogP contribution in [-0.4, -0.2) is 34.5 Å². The van der Waals surface area contributed by atoms with Crippen molar-refractivity contribution in [2.24, 2.45) is 11.7 Å². The van der Waals surface area contributed by atoms with Crippen LogP contribution in [0.15, 0.2) is 0 Å². The number of rotatable bonds is 2. The minimum absolute atomic E-state index is 0.0234. The molecule has 5 heteroatoms. The Balaban J connectivity index is 2.00. The van der Waals surface area contributed by atoms with Crippen LogP contribution in [0, 0.1) is 5.92 Å². The fourth-order valence-electron chi connectivity index (χ4n) is 3.44. The summed E-state index contributed by atoms with van der Waals surface area (Å²) in [6.07, 6.45) is 9.84. The molecule has 2 aliphatic rings. The Morgan fingerprint density at radius 1 is 1.14 bits per heavy atom. The molecule has 1 aliphatic heterocycles.